The third-order valence-corrected chi connectivity index (χ3v) is 5.34. The highest BCUT2D eigenvalue weighted by Gasteiger charge is 2.16. The van der Waals surface area contributed by atoms with Crippen molar-refractivity contribution in [3.63, 3.8) is 0 Å². The van der Waals surface area contributed by atoms with Gasteiger partial charge in [0, 0.05) is 16.1 Å². The summed E-state index contributed by atoms with van der Waals surface area (Å²) in [5, 5.41) is 12.4. The fourth-order valence-electron chi connectivity index (χ4n) is 2.34. The maximum Gasteiger partial charge on any atom is 0.257 e. The van der Waals surface area contributed by atoms with Crippen LogP contribution in [0.1, 0.15) is 15.9 Å². The Morgan fingerprint density at radius 1 is 1.11 bits per heavy atom. The fourth-order valence-corrected chi connectivity index (χ4v) is 3.83. The summed E-state index contributed by atoms with van der Waals surface area (Å²) in [5.41, 5.74) is 2.05. The molecule has 7 nitrogen and oxygen atoms in total. The zero-order chi connectivity index (χ0) is 19.6. The normalized spacial score (nSPS) is 11.2. The molecular weight excluding hydrogens is 408 g/mol. The van der Waals surface area contributed by atoms with Crippen LogP contribution < -0.4 is 10.0 Å². The van der Waals surface area contributed by atoms with Crippen molar-refractivity contribution in [2.75, 3.05) is 16.3 Å². The Morgan fingerprint density at radius 3 is 2.48 bits per heavy atom. The van der Waals surface area contributed by atoms with E-state index in [2.05, 4.69) is 20.2 Å². The van der Waals surface area contributed by atoms with Crippen molar-refractivity contribution in [3.8, 4) is 10.6 Å². The molecule has 3 rings (SSSR count). The number of carbonyl (C=O) groups excluding carboxylic acids is 1. The molecule has 0 unspecified atom stereocenters. The van der Waals surface area contributed by atoms with E-state index in [9.17, 15) is 13.2 Å². The Kier molecular flexibility index (Phi) is 5.45. The van der Waals surface area contributed by atoms with Gasteiger partial charge < -0.3 is 0 Å². The smallest absolute Gasteiger partial charge is 0.257 e. The topological polar surface area (TPSA) is 101 Å². The maximum atomic E-state index is 12.6. The largest absolute Gasteiger partial charge is 0.296 e. The summed E-state index contributed by atoms with van der Waals surface area (Å²) in [6.07, 6.45) is 1.05. The summed E-state index contributed by atoms with van der Waals surface area (Å²) in [6.45, 7) is 1.67. The molecule has 27 heavy (non-hydrogen) atoms. The average Bonchev–Trinajstić information content (AvgIpc) is 3.04. The van der Waals surface area contributed by atoms with Gasteiger partial charge in [0.1, 0.15) is 5.01 Å². The number of aromatic nitrogens is 2. The van der Waals surface area contributed by atoms with E-state index in [0.717, 1.165) is 11.8 Å². The van der Waals surface area contributed by atoms with Gasteiger partial charge in [-0.2, -0.15) is 0 Å². The number of sulfonamides is 1. The molecule has 0 spiro atoms. The Morgan fingerprint density at radius 2 is 1.81 bits per heavy atom. The summed E-state index contributed by atoms with van der Waals surface area (Å²) in [6, 6.07) is 11.9. The number of nitrogens with one attached hydrogen (secondary N) is 2. The van der Waals surface area contributed by atoms with Gasteiger partial charge in [0.2, 0.25) is 15.2 Å². The number of carbonyl (C=O) groups is 1. The van der Waals surface area contributed by atoms with Crippen molar-refractivity contribution >= 4 is 49.7 Å². The number of hydrogen-bond acceptors (Lipinski definition) is 6. The predicted molar refractivity (Wildman–Crippen MR) is 108 cm³/mol. The second kappa shape index (κ2) is 7.63. The van der Waals surface area contributed by atoms with Crippen LogP contribution in [0.15, 0.2) is 42.5 Å². The Bertz CT molecular complexity index is 1100. The number of rotatable bonds is 5. The Balaban J connectivity index is 1.80. The van der Waals surface area contributed by atoms with Crippen LogP contribution in [0.3, 0.4) is 0 Å². The van der Waals surface area contributed by atoms with E-state index < -0.39 is 15.9 Å². The minimum absolute atomic E-state index is 0.339. The molecule has 0 aliphatic heterocycles. The average molecular weight is 423 g/mol. The molecule has 0 radical (unpaired) electrons. The third kappa shape index (κ3) is 4.82. The van der Waals surface area contributed by atoms with Crippen molar-refractivity contribution in [1.82, 2.24) is 10.2 Å². The second-order valence-corrected chi connectivity index (χ2v) is 8.89. The summed E-state index contributed by atoms with van der Waals surface area (Å²) >= 11 is 7.10. The van der Waals surface area contributed by atoms with E-state index in [4.69, 9.17) is 11.6 Å². The van der Waals surface area contributed by atoms with E-state index in [1.807, 2.05) is 12.1 Å². The number of nitrogens with zero attached hydrogens (tertiary/aromatic N) is 2. The van der Waals surface area contributed by atoms with Crippen molar-refractivity contribution in [2.45, 2.75) is 6.92 Å². The standard InChI is InChI=1S/C17H15ClN4O3S2/c1-10-13(4-3-5-14(10)22-27(2,24)25)15(23)19-17-21-20-16(26-17)11-6-8-12(18)9-7-11/h3-9,22H,1-2H3,(H,19,21,23). The molecule has 3 aromatic rings. The summed E-state index contributed by atoms with van der Waals surface area (Å²) in [4.78, 5) is 12.6. The lowest BCUT2D eigenvalue weighted by molar-refractivity contribution is 0.102. The van der Waals surface area contributed by atoms with Crippen LogP contribution in [-0.4, -0.2) is 30.8 Å². The molecule has 0 bridgehead atoms. The molecule has 2 aromatic carbocycles. The molecule has 1 aromatic heterocycles. The minimum Gasteiger partial charge on any atom is -0.296 e. The van der Waals surface area contributed by atoms with Crippen LogP contribution in [0.4, 0.5) is 10.8 Å². The van der Waals surface area contributed by atoms with Crippen molar-refractivity contribution in [2.24, 2.45) is 0 Å². The van der Waals surface area contributed by atoms with E-state index in [1.165, 1.54) is 11.3 Å². The van der Waals surface area contributed by atoms with Crippen LogP contribution in [0.25, 0.3) is 10.6 Å². The van der Waals surface area contributed by atoms with E-state index >= 15 is 0 Å². The van der Waals surface area contributed by atoms with Crippen LogP contribution >= 0.6 is 22.9 Å². The zero-order valence-corrected chi connectivity index (χ0v) is 16.7. The lowest BCUT2D eigenvalue weighted by Gasteiger charge is -2.11. The fraction of sp³-hybridized carbons (Fsp3) is 0.118. The minimum atomic E-state index is -3.44. The lowest BCUT2D eigenvalue weighted by Crippen LogP contribution is -2.16. The van der Waals surface area contributed by atoms with Crippen molar-refractivity contribution in [1.29, 1.82) is 0 Å². The molecule has 10 heteroatoms. The van der Waals surface area contributed by atoms with E-state index in [0.29, 0.717) is 32.0 Å². The van der Waals surface area contributed by atoms with E-state index in [1.54, 1.807) is 37.3 Å². The Labute approximate surface area is 165 Å². The molecule has 1 heterocycles. The number of anilines is 2. The molecule has 0 saturated carbocycles. The molecule has 140 valence electrons. The van der Waals surface area contributed by atoms with Crippen molar-refractivity contribution in [3.05, 3.63) is 58.6 Å². The first-order valence-corrected chi connectivity index (χ1v) is 10.8. The second-order valence-electron chi connectivity index (χ2n) is 5.73. The number of benzene rings is 2. The lowest BCUT2D eigenvalue weighted by atomic mass is 10.1. The molecule has 2 N–H and O–H groups in total. The summed E-state index contributed by atoms with van der Waals surface area (Å²) < 4.78 is 25.3. The summed E-state index contributed by atoms with van der Waals surface area (Å²) in [7, 11) is -3.44. The van der Waals surface area contributed by atoms with Gasteiger partial charge in [-0.05, 0) is 36.8 Å². The third-order valence-electron chi connectivity index (χ3n) is 3.61. The molecule has 0 atom stereocenters. The van der Waals surface area contributed by atoms with Gasteiger partial charge in [0.05, 0.1) is 11.9 Å². The van der Waals surface area contributed by atoms with Gasteiger partial charge >= 0.3 is 0 Å². The van der Waals surface area contributed by atoms with Crippen molar-refractivity contribution < 1.29 is 13.2 Å². The first kappa shape index (κ1) is 19.3. The van der Waals surface area contributed by atoms with Crippen LogP contribution in [0, 0.1) is 6.92 Å². The monoisotopic (exact) mass is 422 g/mol. The molecule has 0 aliphatic carbocycles. The molecule has 0 fully saturated rings. The quantitative estimate of drug-likeness (QED) is 0.651. The summed E-state index contributed by atoms with van der Waals surface area (Å²) in [5.74, 6) is -0.400. The van der Waals surface area contributed by atoms with Gasteiger partial charge in [0.25, 0.3) is 5.91 Å². The van der Waals surface area contributed by atoms with Gasteiger partial charge in [-0.15, -0.1) is 10.2 Å². The van der Waals surface area contributed by atoms with Gasteiger partial charge in [-0.25, -0.2) is 8.42 Å². The Hall–Kier alpha value is -2.49. The van der Waals surface area contributed by atoms with Crippen LogP contribution in [0.2, 0.25) is 5.02 Å². The number of hydrogen-bond donors (Lipinski definition) is 2. The molecule has 0 saturated heterocycles. The molecular formula is C17H15ClN4O3S2. The zero-order valence-electron chi connectivity index (χ0n) is 14.4. The van der Waals surface area contributed by atoms with Crippen LogP contribution in [0.5, 0.6) is 0 Å². The highest BCUT2D eigenvalue weighted by atomic mass is 35.5. The number of halogens is 1. The van der Waals surface area contributed by atoms with Gasteiger partial charge in [-0.3, -0.25) is 14.8 Å². The van der Waals surface area contributed by atoms with Gasteiger partial charge in [0.15, 0.2) is 0 Å². The molecule has 0 aliphatic rings. The predicted octanol–water partition coefficient (Wildman–Crippen LogP) is 3.79. The first-order valence-electron chi connectivity index (χ1n) is 7.71. The highest BCUT2D eigenvalue weighted by Crippen LogP contribution is 2.28. The SMILES string of the molecule is Cc1c(NS(C)(=O)=O)cccc1C(=O)Nc1nnc(-c2ccc(Cl)cc2)s1. The number of amides is 1. The van der Waals surface area contributed by atoms with Gasteiger partial charge in [-0.1, -0.05) is 41.1 Å². The molecule has 1 amide bonds. The highest BCUT2D eigenvalue weighted by molar-refractivity contribution is 7.92. The maximum absolute atomic E-state index is 12.6. The van der Waals surface area contributed by atoms with E-state index in [-0.39, 0.29) is 0 Å². The van der Waals surface area contributed by atoms with Crippen LogP contribution in [-0.2, 0) is 10.0 Å². The first-order chi connectivity index (χ1) is 12.7.